The van der Waals surface area contributed by atoms with Crippen LogP contribution in [0.15, 0.2) is 0 Å². The summed E-state index contributed by atoms with van der Waals surface area (Å²) < 4.78 is 4.81. The second-order valence-electron chi connectivity index (χ2n) is 5.57. The molecule has 2 amide bonds. The summed E-state index contributed by atoms with van der Waals surface area (Å²) in [6.45, 7) is 0. The van der Waals surface area contributed by atoms with Gasteiger partial charge in [0.05, 0.1) is 7.11 Å². The molecule has 1 aliphatic carbocycles. The van der Waals surface area contributed by atoms with Gasteiger partial charge in [0.2, 0.25) is 11.8 Å². The number of esters is 1. The molecule has 1 heterocycles. The number of carbonyl (C=O) groups excluding carboxylic acids is 3. The number of hydrogen-bond acceptors (Lipinski definition) is 4. The normalized spacial score (nSPS) is 24.9. The fraction of sp³-hybridized carbons (Fsp3) is 0.786. The number of amides is 2. The molecule has 2 fully saturated rings. The first-order chi connectivity index (χ1) is 9.61. The third-order valence-electron chi connectivity index (χ3n) is 4.19. The highest BCUT2D eigenvalue weighted by Gasteiger charge is 2.35. The Morgan fingerprint density at radius 1 is 1.25 bits per heavy atom. The summed E-state index contributed by atoms with van der Waals surface area (Å²) in [4.78, 5) is 35.2. The van der Waals surface area contributed by atoms with E-state index in [2.05, 4.69) is 10.6 Å². The summed E-state index contributed by atoms with van der Waals surface area (Å²) in [5.74, 6) is -0.652. The van der Waals surface area contributed by atoms with Gasteiger partial charge in [0.25, 0.3) is 0 Å². The molecule has 2 aliphatic rings. The molecule has 2 rings (SSSR count). The van der Waals surface area contributed by atoms with E-state index in [0.29, 0.717) is 12.8 Å². The van der Waals surface area contributed by atoms with E-state index in [1.165, 1.54) is 13.5 Å². The van der Waals surface area contributed by atoms with Crippen LogP contribution in [0.4, 0.5) is 0 Å². The third kappa shape index (κ3) is 3.49. The Labute approximate surface area is 118 Å². The zero-order valence-electron chi connectivity index (χ0n) is 11.8. The first kappa shape index (κ1) is 14.8. The lowest BCUT2D eigenvalue weighted by Crippen LogP contribution is -2.52. The summed E-state index contributed by atoms with van der Waals surface area (Å²) >= 11 is 0. The van der Waals surface area contributed by atoms with Crippen LogP contribution >= 0.6 is 0 Å². The van der Waals surface area contributed by atoms with Crippen LogP contribution < -0.4 is 10.6 Å². The average molecular weight is 282 g/mol. The number of ether oxygens (including phenoxy) is 1. The van der Waals surface area contributed by atoms with E-state index >= 15 is 0 Å². The van der Waals surface area contributed by atoms with E-state index in [1.54, 1.807) is 0 Å². The van der Waals surface area contributed by atoms with Gasteiger partial charge in [0.15, 0.2) is 0 Å². The van der Waals surface area contributed by atoms with E-state index in [-0.39, 0.29) is 17.7 Å². The average Bonchev–Trinajstić information content (AvgIpc) is 2.91. The van der Waals surface area contributed by atoms with Gasteiger partial charge in [-0.1, -0.05) is 19.3 Å². The largest absolute Gasteiger partial charge is 0.467 e. The van der Waals surface area contributed by atoms with Crippen molar-refractivity contribution in [2.45, 2.75) is 57.0 Å². The van der Waals surface area contributed by atoms with Crippen molar-refractivity contribution in [1.29, 1.82) is 0 Å². The lowest BCUT2D eigenvalue weighted by Gasteiger charge is -2.29. The van der Waals surface area contributed by atoms with Gasteiger partial charge in [0, 0.05) is 6.42 Å². The number of nitrogens with one attached hydrogen (secondary N) is 2. The van der Waals surface area contributed by atoms with Crippen LogP contribution in [0, 0.1) is 5.92 Å². The molecule has 2 atom stereocenters. The lowest BCUT2D eigenvalue weighted by molar-refractivity contribution is -0.147. The molecule has 0 bridgehead atoms. The van der Waals surface area contributed by atoms with Gasteiger partial charge in [-0.15, -0.1) is 0 Å². The molecule has 2 N–H and O–H groups in total. The van der Waals surface area contributed by atoms with E-state index in [4.69, 9.17) is 4.74 Å². The minimum atomic E-state index is -0.592. The maximum absolute atomic E-state index is 12.1. The number of rotatable bonds is 4. The maximum atomic E-state index is 12.1. The standard InChI is InChI=1S/C14H22N2O4/c1-20-14(19)12(9-5-3-2-4-6-9)16-13(18)10-7-8-11(17)15-10/h9-10,12H,2-8H2,1H3,(H,15,17)(H,16,18)/t10-,12+/m1/s1. The monoisotopic (exact) mass is 282 g/mol. The van der Waals surface area contributed by atoms with Crippen molar-refractivity contribution >= 4 is 17.8 Å². The minimum Gasteiger partial charge on any atom is -0.467 e. The Morgan fingerprint density at radius 2 is 1.95 bits per heavy atom. The molecule has 0 aromatic rings. The molecule has 0 radical (unpaired) electrons. The predicted octanol–water partition coefficient (Wildman–Crippen LogP) is 0.503. The summed E-state index contributed by atoms with van der Waals surface area (Å²) in [6, 6.07) is -1.11. The van der Waals surface area contributed by atoms with Crippen LogP contribution in [-0.4, -0.2) is 37.0 Å². The first-order valence-electron chi connectivity index (χ1n) is 7.29. The SMILES string of the molecule is COC(=O)[C@@H](NC(=O)[C@H]1CCC(=O)N1)C1CCCCC1. The second-order valence-corrected chi connectivity index (χ2v) is 5.57. The molecule has 0 spiro atoms. The highest BCUT2D eigenvalue weighted by atomic mass is 16.5. The van der Waals surface area contributed by atoms with Crippen LogP contribution in [-0.2, 0) is 19.1 Å². The molecule has 6 heteroatoms. The molecular weight excluding hydrogens is 260 g/mol. The topological polar surface area (TPSA) is 84.5 Å². The van der Waals surface area contributed by atoms with Crippen molar-refractivity contribution in [1.82, 2.24) is 10.6 Å². The lowest BCUT2D eigenvalue weighted by atomic mass is 9.83. The van der Waals surface area contributed by atoms with Crippen molar-refractivity contribution in [3.63, 3.8) is 0 Å². The summed E-state index contributed by atoms with van der Waals surface area (Å²) in [5, 5.41) is 5.39. The number of methoxy groups -OCH3 is 1. The zero-order chi connectivity index (χ0) is 14.5. The van der Waals surface area contributed by atoms with E-state index in [1.807, 2.05) is 0 Å². The van der Waals surface area contributed by atoms with Gasteiger partial charge in [-0.2, -0.15) is 0 Å². The molecule has 112 valence electrons. The van der Waals surface area contributed by atoms with E-state index in [9.17, 15) is 14.4 Å². The Bertz CT molecular complexity index is 391. The van der Waals surface area contributed by atoms with Crippen LogP contribution in [0.1, 0.15) is 44.9 Å². The molecule has 1 aliphatic heterocycles. The highest BCUT2D eigenvalue weighted by Crippen LogP contribution is 2.27. The Balaban J connectivity index is 1.97. The molecule has 1 saturated heterocycles. The fourth-order valence-electron chi connectivity index (χ4n) is 3.03. The third-order valence-corrected chi connectivity index (χ3v) is 4.19. The van der Waals surface area contributed by atoms with E-state index < -0.39 is 18.1 Å². The van der Waals surface area contributed by atoms with Crippen molar-refractivity contribution in [3.05, 3.63) is 0 Å². The molecule has 0 unspecified atom stereocenters. The van der Waals surface area contributed by atoms with Gasteiger partial charge >= 0.3 is 5.97 Å². The Kier molecular flexibility index (Phi) is 4.98. The molecule has 1 saturated carbocycles. The van der Waals surface area contributed by atoms with Gasteiger partial charge in [-0.3, -0.25) is 9.59 Å². The van der Waals surface area contributed by atoms with Gasteiger partial charge < -0.3 is 15.4 Å². The second kappa shape index (κ2) is 6.72. The van der Waals surface area contributed by atoms with Crippen molar-refractivity contribution in [2.24, 2.45) is 5.92 Å². The zero-order valence-corrected chi connectivity index (χ0v) is 11.8. The fourth-order valence-corrected chi connectivity index (χ4v) is 3.03. The van der Waals surface area contributed by atoms with Crippen LogP contribution in [0.5, 0.6) is 0 Å². The Morgan fingerprint density at radius 3 is 2.50 bits per heavy atom. The van der Waals surface area contributed by atoms with Gasteiger partial charge in [0.1, 0.15) is 12.1 Å². The summed E-state index contributed by atoms with van der Waals surface area (Å²) in [6.07, 6.45) is 6.04. The van der Waals surface area contributed by atoms with Crippen LogP contribution in [0.25, 0.3) is 0 Å². The van der Waals surface area contributed by atoms with Gasteiger partial charge in [-0.25, -0.2) is 4.79 Å². The van der Waals surface area contributed by atoms with Crippen molar-refractivity contribution < 1.29 is 19.1 Å². The summed E-state index contributed by atoms with van der Waals surface area (Å²) in [7, 11) is 1.33. The number of carbonyl (C=O) groups is 3. The van der Waals surface area contributed by atoms with Gasteiger partial charge in [-0.05, 0) is 25.2 Å². The minimum absolute atomic E-state index is 0.113. The number of hydrogen-bond donors (Lipinski definition) is 2. The molecule has 6 nitrogen and oxygen atoms in total. The smallest absolute Gasteiger partial charge is 0.328 e. The molecule has 0 aromatic carbocycles. The highest BCUT2D eigenvalue weighted by molar-refractivity contribution is 5.93. The van der Waals surface area contributed by atoms with Crippen LogP contribution in [0.2, 0.25) is 0 Å². The van der Waals surface area contributed by atoms with Crippen molar-refractivity contribution in [3.8, 4) is 0 Å². The summed E-state index contributed by atoms with van der Waals surface area (Å²) in [5.41, 5.74) is 0. The predicted molar refractivity (Wildman–Crippen MR) is 71.7 cm³/mol. The van der Waals surface area contributed by atoms with Crippen LogP contribution in [0.3, 0.4) is 0 Å². The Hall–Kier alpha value is -1.59. The quantitative estimate of drug-likeness (QED) is 0.736. The molecule has 0 aromatic heterocycles. The first-order valence-corrected chi connectivity index (χ1v) is 7.29. The van der Waals surface area contributed by atoms with Crippen molar-refractivity contribution in [2.75, 3.05) is 7.11 Å². The van der Waals surface area contributed by atoms with E-state index in [0.717, 1.165) is 25.7 Å². The maximum Gasteiger partial charge on any atom is 0.328 e. The molecule has 20 heavy (non-hydrogen) atoms. The molecular formula is C14H22N2O4.